The van der Waals surface area contributed by atoms with E-state index in [0.29, 0.717) is 6.61 Å². The number of hydrogen-bond donors (Lipinski definition) is 0. The molecule has 0 aliphatic carbocycles. The zero-order chi connectivity index (χ0) is 12.2. The first-order valence-corrected chi connectivity index (χ1v) is 5.72. The maximum Gasteiger partial charge on any atom is 0.302 e. The van der Waals surface area contributed by atoms with Gasteiger partial charge in [-0.2, -0.15) is 0 Å². The average molecular weight is 222 g/mol. The molecule has 0 heterocycles. The van der Waals surface area contributed by atoms with Gasteiger partial charge in [0.25, 0.3) is 0 Å². The van der Waals surface area contributed by atoms with Gasteiger partial charge in [0, 0.05) is 12.8 Å². The minimum Gasteiger partial charge on any atom is -0.465 e. The molecule has 0 N–H and O–H groups in total. The highest BCUT2D eigenvalue weighted by molar-refractivity contribution is 5.65. The fourth-order valence-electron chi connectivity index (χ4n) is 1.24. The lowest BCUT2D eigenvalue weighted by Crippen LogP contribution is -2.09. The maximum absolute atomic E-state index is 10.7. The molecule has 0 radical (unpaired) electrons. The summed E-state index contributed by atoms with van der Waals surface area (Å²) in [5.41, 5.74) is 0. The van der Waals surface area contributed by atoms with Crippen LogP contribution in [0.5, 0.6) is 0 Å². The molecule has 0 aromatic rings. The van der Waals surface area contributed by atoms with E-state index in [1.807, 2.05) is 19.1 Å². The van der Waals surface area contributed by atoms with Crippen molar-refractivity contribution >= 4 is 5.97 Å². The predicted octanol–water partition coefficient (Wildman–Crippen LogP) is 3.65. The second kappa shape index (κ2) is 10.2. The molecule has 0 amide bonds. The molecule has 0 rings (SSSR count). The standard InChI is InChI=1S/C14H22O2/c1-4-6-8-9-11-14(10-7-5-2)12-16-13(3)15/h4-5,7,9,11,14H,1,6,8,10,12H2,2-3H3/b7-5+,11-9+. The summed E-state index contributed by atoms with van der Waals surface area (Å²) in [5.74, 6) is 0.0647. The highest BCUT2D eigenvalue weighted by atomic mass is 16.5. The van der Waals surface area contributed by atoms with E-state index >= 15 is 0 Å². The van der Waals surface area contributed by atoms with Gasteiger partial charge in [-0.25, -0.2) is 0 Å². The number of hydrogen-bond acceptors (Lipinski definition) is 2. The molecule has 0 aromatic heterocycles. The van der Waals surface area contributed by atoms with Crippen molar-refractivity contribution in [3.8, 4) is 0 Å². The molecular formula is C14H22O2. The van der Waals surface area contributed by atoms with Crippen LogP contribution in [-0.4, -0.2) is 12.6 Å². The van der Waals surface area contributed by atoms with Gasteiger partial charge in [0.05, 0.1) is 6.61 Å². The van der Waals surface area contributed by atoms with Crippen molar-refractivity contribution in [1.82, 2.24) is 0 Å². The summed E-state index contributed by atoms with van der Waals surface area (Å²) in [6.07, 6.45) is 13.1. The van der Waals surface area contributed by atoms with Crippen LogP contribution in [0.15, 0.2) is 37.0 Å². The Hall–Kier alpha value is -1.31. The van der Waals surface area contributed by atoms with Gasteiger partial charge >= 0.3 is 5.97 Å². The van der Waals surface area contributed by atoms with E-state index in [4.69, 9.17) is 4.74 Å². The fourth-order valence-corrected chi connectivity index (χ4v) is 1.24. The first-order chi connectivity index (χ1) is 7.70. The third kappa shape index (κ3) is 9.25. The average Bonchev–Trinajstić information content (AvgIpc) is 2.26. The van der Waals surface area contributed by atoms with Gasteiger partial charge in [0.1, 0.15) is 0 Å². The van der Waals surface area contributed by atoms with Crippen LogP contribution < -0.4 is 0 Å². The molecule has 0 bridgehead atoms. The van der Waals surface area contributed by atoms with Crippen molar-refractivity contribution in [3.63, 3.8) is 0 Å². The second-order valence-corrected chi connectivity index (χ2v) is 3.66. The van der Waals surface area contributed by atoms with E-state index in [9.17, 15) is 4.79 Å². The van der Waals surface area contributed by atoms with Crippen LogP contribution in [0.2, 0.25) is 0 Å². The Morgan fingerprint density at radius 1 is 1.38 bits per heavy atom. The molecule has 2 heteroatoms. The molecule has 0 aliphatic rings. The molecule has 0 aliphatic heterocycles. The normalized spacial score (nSPS) is 13.1. The van der Waals surface area contributed by atoms with Gasteiger partial charge in [0.2, 0.25) is 0 Å². The predicted molar refractivity (Wildman–Crippen MR) is 68.1 cm³/mol. The molecule has 0 spiro atoms. The number of unbranched alkanes of at least 4 members (excludes halogenated alkanes) is 1. The maximum atomic E-state index is 10.7. The summed E-state index contributed by atoms with van der Waals surface area (Å²) in [5, 5.41) is 0. The van der Waals surface area contributed by atoms with Crippen LogP contribution >= 0.6 is 0 Å². The lowest BCUT2D eigenvalue weighted by molar-refractivity contribution is -0.141. The van der Waals surface area contributed by atoms with Crippen molar-refractivity contribution in [2.45, 2.75) is 33.1 Å². The quantitative estimate of drug-likeness (QED) is 0.356. The topological polar surface area (TPSA) is 26.3 Å². The summed E-state index contributed by atoms with van der Waals surface area (Å²) in [6.45, 7) is 7.56. The van der Waals surface area contributed by atoms with E-state index in [1.54, 1.807) is 0 Å². The number of rotatable bonds is 8. The van der Waals surface area contributed by atoms with Gasteiger partial charge in [-0.15, -0.1) is 6.58 Å². The lowest BCUT2D eigenvalue weighted by atomic mass is 10.0. The molecule has 1 unspecified atom stereocenters. The molecule has 2 nitrogen and oxygen atoms in total. The third-order valence-electron chi connectivity index (χ3n) is 2.12. The Morgan fingerprint density at radius 2 is 2.12 bits per heavy atom. The van der Waals surface area contributed by atoms with Gasteiger partial charge in [0.15, 0.2) is 0 Å². The molecule has 0 saturated heterocycles. The second-order valence-electron chi connectivity index (χ2n) is 3.66. The van der Waals surface area contributed by atoms with Crippen LogP contribution in [0.1, 0.15) is 33.1 Å². The number of esters is 1. The van der Waals surface area contributed by atoms with Crippen LogP contribution in [0.3, 0.4) is 0 Å². The van der Waals surface area contributed by atoms with Crippen LogP contribution in [0, 0.1) is 5.92 Å². The number of carbonyl (C=O) groups excluding carboxylic acids is 1. The monoisotopic (exact) mass is 222 g/mol. The summed E-state index contributed by atoms with van der Waals surface area (Å²) in [7, 11) is 0. The molecule has 0 aromatic carbocycles. The summed E-state index contributed by atoms with van der Waals surface area (Å²) in [6, 6.07) is 0. The highest BCUT2D eigenvalue weighted by Gasteiger charge is 2.04. The molecule has 0 fully saturated rings. The highest BCUT2D eigenvalue weighted by Crippen LogP contribution is 2.08. The lowest BCUT2D eigenvalue weighted by Gasteiger charge is -2.10. The minimum absolute atomic E-state index is 0.218. The molecular weight excluding hydrogens is 200 g/mol. The Morgan fingerprint density at radius 3 is 2.69 bits per heavy atom. The van der Waals surface area contributed by atoms with Gasteiger partial charge in [-0.1, -0.05) is 30.4 Å². The number of allylic oxidation sites excluding steroid dienone is 4. The van der Waals surface area contributed by atoms with Gasteiger partial charge < -0.3 is 4.74 Å². The molecule has 0 saturated carbocycles. The number of ether oxygens (including phenoxy) is 1. The Kier molecular flexibility index (Phi) is 9.38. The fraction of sp³-hybridized carbons (Fsp3) is 0.500. The molecule has 1 atom stereocenters. The zero-order valence-electron chi connectivity index (χ0n) is 10.3. The van der Waals surface area contributed by atoms with E-state index < -0.39 is 0 Å². The summed E-state index contributed by atoms with van der Waals surface area (Å²) < 4.78 is 5.01. The van der Waals surface area contributed by atoms with Crippen molar-refractivity contribution in [2.75, 3.05) is 6.61 Å². The van der Waals surface area contributed by atoms with E-state index in [2.05, 4.69) is 24.8 Å². The SMILES string of the molecule is C=CCC/C=C/C(C/C=C/C)COC(C)=O. The smallest absolute Gasteiger partial charge is 0.302 e. The Bertz CT molecular complexity index is 251. The van der Waals surface area contributed by atoms with E-state index in [-0.39, 0.29) is 11.9 Å². The molecule has 90 valence electrons. The minimum atomic E-state index is -0.218. The van der Waals surface area contributed by atoms with E-state index in [0.717, 1.165) is 19.3 Å². The van der Waals surface area contributed by atoms with Crippen molar-refractivity contribution in [3.05, 3.63) is 37.0 Å². The van der Waals surface area contributed by atoms with Crippen molar-refractivity contribution < 1.29 is 9.53 Å². The summed E-state index contributed by atoms with van der Waals surface area (Å²) >= 11 is 0. The first kappa shape index (κ1) is 14.7. The Labute approximate surface area is 98.7 Å². The Balaban J connectivity index is 4.02. The summed E-state index contributed by atoms with van der Waals surface area (Å²) in [4.78, 5) is 10.7. The first-order valence-electron chi connectivity index (χ1n) is 5.72. The van der Waals surface area contributed by atoms with Crippen molar-refractivity contribution in [2.24, 2.45) is 5.92 Å². The third-order valence-corrected chi connectivity index (χ3v) is 2.12. The van der Waals surface area contributed by atoms with Crippen molar-refractivity contribution in [1.29, 1.82) is 0 Å². The van der Waals surface area contributed by atoms with E-state index in [1.165, 1.54) is 6.92 Å². The van der Waals surface area contributed by atoms with Crippen LogP contribution in [0.4, 0.5) is 0 Å². The largest absolute Gasteiger partial charge is 0.465 e. The number of carbonyl (C=O) groups is 1. The van der Waals surface area contributed by atoms with Gasteiger partial charge in [-0.05, 0) is 26.2 Å². The molecule has 16 heavy (non-hydrogen) atoms. The van der Waals surface area contributed by atoms with Crippen LogP contribution in [0.25, 0.3) is 0 Å². The van der Waals surface area contributed by atoms with Crippen LogP contribution in [-0.2, 0) is 9.53 Å². The zero-order valence-corrected chi connectivity index (χ0v) is 10.3. The van der Waals surface area contributed by atoms with Gasteiger partial charge in [-0.3, -0.25) is 4.79 Å².